The number of para-hydroxylation sites is 1. The number of halogens is 2. The maximum Gasteiger partial charge on any atom is 0.262 e. The maximum absolute atomic E-state index is 13.6. The van der Waals surface area contributed by atoms with Gasteiger partial charge in [0.05, 0.1) is 10.7 Å². The Balaban J connectivity index is 1.59. The molecule has 33 heavy (non-hydrogen) atoms. The third-order valence-electron chi connectivity index (χ3n) is 4.43. The Bertz CT molecular complexity index is 1220. The highest BCUT2D eigenvalue weighted by Gasteiger charge is 2.11. The van der Waals surface area contributed by atoms with Crippen molar-refractivity contribution in [2.45, 2.75) is 6.54 Å². The van der Waals surface area contributed by atoms with Gasteiger partial charge < -0.3 is 15.4 Å². The highest BCUT2D eigenvalue weighted by Crippen LogP contribution is 2.26. The minimum atomic E-state index is -0.555. The van der Waals surface area contributed by atoms with Gasteiger partial charge in [-0.3, -0.25) is 9.59 Å². The number of hydrogen-bond acceptors (Lipinski definition) is 4. The quantitative estimate of drug-likeness (QED) is 0.373. The fourth-order valence-electron chi connectivity index (χ4n) is 2.80. The van der Waals surface area contributed by atoms with Crippen LogP contribution in [0.15, 0.2) is 78.4 Å². The van der Waals surface area contributed by atoms with Gasteiger partial charge in [0, 0.05) is 6.54 Å². The second kappa shape index (κ2) is 11.5. The molecule has 0 fully saturated rings. The predicted octanol–water partition coefficient (Wildman–Crippen LogP) is 4.72. The number of hydrogen-bond donors (Lipinski definition) is 2. The lowest BCUT2D eigenvalue weighted by Gasteiger charge is -2.10. The van der Waals surface area contributed by atoms with Crippen LogP contribution in [-0.2, 0) is 16.1 Å². The van der Waals surface area contributed by atoms with Gasteiger partial charge in [0.2, 0.25) is 0 Å². The molecule has 0 atom stereocenters. The van der Waals surface area contributed by atoms with Crippen molar-refractivity contribution in [2.75, 3.05) is 11.9 Å². The first-order valence-corrected chi connectivity index (χ1v) is 10.2. The van der Waals surface area contributed by atoms with Gasteiger partial charge in [0.1, 0.15) is 23.2 Å². The summed E-state index contributed by atoms with van der Waals surface area (Å²) in [6.45, 7) is -0.0875. The van der Waals surface area contributed by atoms with Gasteiger partial charge in [-0.25, -0.2) is 4.39 Å². The molecule has 3 rings (SSSR count). The number of rotatable bonds is 8. The average Bonchev–Trinajstić information content (AvgIpc) is 2.82. The van der Waals surface area contributed by atoms with Crippen LogP contribution >= 0.6 is 11.6 Å². The molecular formula is C25H19ClFN3O3. The van der Waals surface area contributed by atoms with E-state index in [1.54, 1.807) is 12.1 Å². The second-order valence-corrected chi connectivity index (χ2v) is 7.25. The summed E-state index contributed by atoms with van der Waals surface area (Å²) in [5.41, 5.74) is 1.38. The molecule has 0 aliphatic carbocycles. The van der Waals surface area contributed by atoms with E-state index in [1.165, 1.54) is 36.4 Å². The predicted molar refractivity (Wildman–Crippen MR) is 124 cm³/mol. The molecule has 0 bridgehead atoms. The van der Waals surface area contributed by atoms with Crippen molar-refractivity contribution in [2.24, 2.45) is 0 Å². The topological polar surface area (TPSA) is 91.2 Å². The van der Waals surface area contributed by atoms with E-state index in [9.17, 15) is 19.2 Å². The van der Waals surface area contributed by atoms with Crippen LogP contribution < -0.4 is 15.4 Å². The van der Waals surface area contributed by atoms with Crippen molar-refractivity contribution in [3.63, 3.8) is 0 Å². The molecule has 0 heterocycles. The van der Waals surface area contributed by atoms with Crippen molar-refractivity contribution in [3.8, 4) is 11.8 Å². The molecule has 0 saturated carbocycles. The maximum atomic E-state index is 13.6. The van der Waals surface area contributed by atoms with Crippen molar-refractivity contribution in [1.82, 2.24) is 5.32 Å². The molecule has 0 aromatic heterocycles. The number of ether oxygens (including phenoxy) is 1. The summed E-state index contributed by atoms with van der Waals surface area (Å²) in [4.78, 5) is 24.3. The van der Waals surface area contributed by atoms with Crippen molar-refractivity contribution in [1.29, 1.82) is 5.26 Å². The Morgan fingerprint density at radius 2 is 1.79 bits per heavy atom. The van der Waals surface area contributed by atoms with E-state index >= 15 is 0 Å². The fourth-order valence-corrected chi connectivity index (χ4v) is 3.05. The lowest BCUT2D eigenvalue weighted by molar-refractivity contribution is -0.118. The number of nitrogens with one attached hydrogen (secondary N) is 2. The molecule has 0 saturated heterocycles. The minimum absolute atomic E-state index is 0.0484. The zero-order valence-electron chi connectivity index (χ0n) is 17.3. The van der Waals surface area contributed by atoms with Gasteiger partial charge in [0.25, 0.3) is 11.8 Å². The number of amides is 2. The van der Waals surface area contributed by atoms with Crippen molar-refractivity contribution >= 4 is 35.2 Å². The van der Waals surface area contributed by atoms with E-state index in [4.69, 9.17) is 16.3 Å². The zero-order chi connectivity index (χ0) is 23.6. The summed E-state index contributed by atoms with van der Waals surface area (Å²) >= 11 is 6.22. The molecule has 166 valence electrons. The van der Waals surface area contributed by atoms with Crippen LogP contribution in [0.5, 0.6) is 5.75 Å². The molecule has 3 aromatic rings. The third-order valence-corrected chi connectivity index (χ3v) is 4.73. The number of carbonyl (C=O) groups excluding carboxylic acids is 2. The molecular weight excluding hydrogens is 445 g/mol. The molecule has 0 aliphatic rings. The second-order valence-electron chi connectivity index (χ2n) is 6.84. The van der Waals surface area contributed by atoms with Gasteiger partial charge in [-0.15, -0.1) is 0 Å². The van der Waals surface area contributed by atoms with Crippen LogP contribution in [0, 0.1) is 17.1 Å². The Kier molecular flexibility index (Phi) is 8.17. The Hall–Kier alpha value is -4.15. The summed E-state index contributed by atoms with van der Waals surface area (Å²) in [5.74, 6) is -1.39. The molecule has 6 nitrogen and oxygen atoms in total. The normalized spacial score (nSPS) is 10.8. The number of nitriles is 1. The summed E-state index contributed by atoms with van der Waals surface area (Å²) < 4.78 is 19.0. The van der Waals surface area contributed by atoms with Crippen LogP contribution in [0.2, 0.25) is 5.02 Å². The summed E-state index contributed by atoms with van der Waals surface area (Å²) in [7, 11) is 0. The van der Waals surface area contributed by atoms with E-state index in [0.29, 0.717) is 12.1 Å². The number of carbonyl (C=O) groups is 2. The molecule has 2 amide bonds. The Morgan fingerprint density at radius 1 is 1.06 bits per heavy atom. The highest BCUT2D eigenvalue weighted by atomic mass is 35.5. The zero-order valence-corrected chi connectivity index (χ0v) is 18.1. The monoisotopic (exact) mass is 463 g/mol. The van der Waals surface area contributed by atoms with Crippen molar-refractivity contribution < 1.29 is 18.7 Å². The van der Waals surface area contributed by atoms with Crippen LogP contribution in [0.3, 0.4) is 0 Å². The molecule has 0 aliphatic heterocycles. The van der Waals surface area contributed by atoms with E-state index in [-0.39, 0.29) is 28.6 Å². The molecule has 0 radical (unpaired) electrons. The van der Waals surface area contributed by atoms with Crippen molar-refractivity contribution in [3.05, 3.63) is 100 Å². The van der Waals surface area contributed by atoms with E-state index < -0.39 is 17.6 Å². The number of nitrogens with zero attached hydrogens (tertiary/aromatic N) is 1. The Labute approximate surface area is 195 Å². The molecule has 8 heteroatoms. The fraction of sp³-hybridized carbons (Fsp3) is 0.0800. The Morgan fingerprint density at radius 3 is 2.48 bits per heavy atom. The summed E-state index contributed by atoms with van der Waals surface area (Å²) in [6.07, 6.45) is 1.40. The first kappa shape index (κ1) is 23.5. The van der Waals surface area contributed by atoms with Gasteiger partial charge in [-0.05, 0) is 41.5 Å². The summed E-state index contributed by atoms with van der Waals surface area (Å²) in [6, 6.07) is 21.6. The van der Waals surface area contributed by atoms with Gasteiger partial charge in [-0.1, -0.05) is 60.1 Å². The van der Waals surface area contributed by atoms with Crippen LogP contribution in [-0.4, -0.2) is 18.4 Å². The highest BCUT2D eigenvalue weighted by molar-refractivity contribution is 6.32. The van der Waals surface area contributed by atoms with E-state index in [2.05, 4.69) is 10.6 Å². The molecule has 0 unspecified atom stereocenters. The third kappa shape index (κ3) is 6.92. The lowest BCUT2D eigenvalue weighted by atomic mass is 10.1. The number of anilines is 1. The van der Waals surface area contributed by atoms with E-state index in [1.807, 2.05) is 36.4 Å². The van der Waals surface area contributed by atoms with Gasteiger partial charge >= 0.3 is 0 Å². The average molecular weight is 464 g/mol. The minimum Gasteiger partial charge on any atom is -0.482 e. The van der Waals surface area contributed by atoms with Crippen LogP contribution in [0.25, 0.3) is 6.08 Å². The van der Waals surface area contributed by atoms with Crippen LogP contribution in [0.4, 0.5) is 10.1 Å². The van der Waals surface area contributed by atoms with Gasteiger partial charge in [-0.2, -0.15) is 5.26 Å². The largest absolute Gasteiger partial charge is 0.482 e. The first-order chi connectivity index (χ1) is 16.0. The smallest absolute Gasteiger partial charge is 0.262 e. The SMILES string of the molecule is N#CC(=Cc1ccc(OCC(=O)Nc2ccccc2F)c(Cl)c1)C(=O)NCc1ccccc1. The van der Waals surface area contributed by atoms with Crippen LogP contribution in [0.1, 0.15) is 11.1 Å². The summed E-state index contributed by atoms with van der Waals surface area (Å²) in [5, 5.41) is 14.6. The molecule has 0 spiro atoms. The lowest BCUT2D eigenvalue weighted by Crippen LogP contribution is -2.23. The van der Waals surface area contributed by atoms with E-state index in [0.717, 1.165) is 5.56 Å². The molecule has 3 aromatic carbocycles. The van der Waals surface area contributed by atoms with Gasteiger partial charge in [0.15, 0.2) is 6.61 Å². The first-order valence-electron chi connectivity index (χ1n) is 9.87. The molecule has 2 N–H and O–H groups in total. The number of benzene rings is 3. The standard InChI is InChI=1S/C25H19ClFN3O3/c26-20-13-18(12-19(14-28)25(32)29-15-17-6-2-1-3-7-17)10-11-23(20)33-16-24(31)30-22-9-5-4-8-21(22)27/h1-13H,15-16H2,(H,29,32)(H,30,31).